The lowest BCUT2D eigenvalue weighted by atomic mass is 10.0. The zero-order valence-electron chi connectivity index (χ0n) is 16.9. The number of carbonyl (C=O) groups is 1. The van der Waals surface area contributed by atoms with Crippen LogP contribution in [-0.2, 0) is 6.42 Å². The van der Waals surface area contributed by atoms with Gasteiger partial charge in [0.15, 0.2) is 0 Å². The van der Waals surface area contributed by atoms with Crippen LogP contribution in [0.4, 0.5) is 10.5 Å². The molecular formula is C21H36N4O. The summed E-state index contributed by atoms with van der Waals surface area (Å²) in [4.78, 5) is 16.7. The van der Waals surface area contributed by atoms with Gasteiger partial charge < -0.3 is 20.4 Å². The summed E-state index contributed by atoms with van der Waals surface area (Å²) in [5.41, 5.74) is 2.53. The van der Waals surface area contributed by atoms with Gasteiger partial charge in [-0.25, -0.2) is 4.79 Å². The Morgan fingerprint density at radius 1 is 1.19 bits per heavy atom. The number of urea groups is 1. The van der Waals surface area contributed by atoms with Crippen LogP contribution in [0.2, 0.25) is 0 Å². The van der Waals surface area contributed by atoms with E-state index in [4.69, 9.17) is 0 Å². The van der Waals surface area contributed by atoms with Gasteiger partial charge in [-0.2, -0.15) is 0 Å². The van der Waals surface area contributed by atoms with Gasteiger partial charge in [-0.1, -0.05) is 26.0 Å². The van der Waals surface area contributed by atoms with Crippen LogP contribution in [0.3, 0.4) is 0 Å². The number of anilines is 1. The van der Waals surface area contributed by atoms with E-state index in [0.29, 0.717) is 18.5 Å². The van der Waals surface area contributed by atoms with Crippen LogP contribution in [0.1, 0.15) is 38.7 Å². The van der Waals surface area contributed by atoms with Crippen molar-refractivity contribution >= 4 is 11.7 Å². The molecule has 0 bridgehead atoms. The lowest BCUT2D eigenvalue weighted by molar-refractivity contribution is 0.178. The van der Waals surface area contributed by atoms with Gasteiger partial charge in [0.25, 0.3) is 0 Å². The van der Waals surface area contributed by atoms with Gasteiger partial charge in [-0.3, -0.25) is 0 Å². The molecule has 0 aliphatic carbocycles. The molecule has 1 aromatic rings. The summed E-state index contributed by atoms with van der Waals surface area (Å²) in [6, 6.07) is 8.91. The first-order valence-corrected chi connectivity index (χ1v) is 9.97. The molecule has 1 aliphatic rings. The maximum atomic E-state index is 12.1. The second kappa shape index (κ2) is 10.4. The number of aryl methyl sites for hydroxylation is 1. The second-order valence-electron chi connectivity index (χ2n) is 8.03. The van der Waals surface area contributed by atoms with Crippen LogP contribution in [0.25, 0.3) is 0 Å². The van der Waals surface area contributed by atoms with Crippen molar-refractivity contribution in [3.05, 3.63) is 29.8 Å². The first-order chi connectivity index (χ1) is 12.4. The molecule has 0 spiro atoms. The standard InChI is InChI=1S/C21H36N4O/c1-17(2)16-25-14-11-19(12-15-25)23-21(26)22-13-5-6-18-7-9-20(10-8-18)24(3)4/h7-10,17,19H,5-6,11-16H2,1-4H3,(H2,22,23,26). The van der Waals surface area contributed by atoms with E-state index in [1.807, 2.05) is 14.1 Å². The van der Waals surface area contributed by atoms with E-state index in [9.17, 15) is 4.79 Å². The average molecular weight is 361 g/mol. The Balaban J connectivity index is 1.58. The summed E-state index contributed by atoms with van der Waals surface area (Å²) in [6.07, 6.45) is 4.06. The summed E-state index contributed by atoms with van der Waals surface area (Å²) in [6.45, 7) is 8.57. The van der Waals surface area contributed by atoms with E-state index >= 15 is 0 Å². The van der Waals surface area contributed by atoms with Crippen LogP contribution in [-0.4, -0.2) is 57.2 Å². The number of piperidine rings is 1. The molecule has 2 rings (SSSR count). The van der Waals surface area contributed by atoms with Gasteiger partial charge in [0, 0.05) is 52.0 Å². The number of amides is 2. The third kappa shape index (κ3) is 7.24. The molecule has 0 atom stereocenters. The maximum Gasteiger partial charge on any atom is 0.315 e. The minimum Gasteiger partial charge on any atom is -0.378 e. The van der Waals surface area contributed by atoms with Crippen molar-refractivity contribution in [2.45, 2.75) is 45.6 Å². The summed E-state index contributed by atoms with van der Waals surface area (Å²) in [7, 11) is 4.09. The fraction of sp³-hybridized carbons (Fsp3) is 0.667. The lowest BCUT2D eigenvalue weighted by Gasteiger charge is -2.33. The summed E-state index contributed by atoms with van der Waals surface area (Å²) in [5.74, 6) is 0.710. The van der Waals surface area contributed by atoms with Crippen molar-refractivity contribution in [3.8, 4) is 0 Å². The van der Waals surface area contributed by atoms with Crippen LogP contribution < -0.4 is 15.5 Å². The molecule has 1 saturated heterocycles. The molecule has 5 heteroatoms. The van der Waals surface area contributed by atoms with Crippen LogP contribution in [0, 0.1) is 5.92 Å². The highest BCUT2D eigenvalue weighted by Crippen LogP contribution is 2.13. The molecule has 0 radical (unpaired) electrons. The van der Waals surface area contributed by atoms with Gasteiger partial charge in [0.05, 0.1) is 0 Å². The van der Waals surface area contributed by atoms with Crippen LogP contribution in [0.5, 0.6) is 0 Å². The van der Waals surface area contributed by atoms with E-state index in [2.05, 4.69) is 58.5 Å². The minimum absolute atomic E-state index is 0.0183. The predicted molar refractivity (Wildman–Crippen MR) is 110 cm³/mol. The number of nitrogens with one attached hydrogen (secondary N) is 2. The zero-order valence-corrected chi connectivity index (χ0v) is 16.9. The first kappa shape index (κ1) is 20.6. The van der Waals surface area contributed by atoms with E-state index in [1.54, 1.807) is 0 Å². The Kier molecular flexibility index (Phi) is 8.23. The molecular weight excluding hydrogens is 324 g/mol. The number of hydrogen-bond acceptors (Lipinski definition) is 3. The van der Waals surface area contributed by atoms with Gasteiger partial charge >= 0.3 is 6.03 Å². The molecule has 0 unspecified atom stereocenters. The number of hydrogen-bond donors (Lipinski definition) is 2. The minimum atomic E-state index is -0.0183. The largest absolute Gasteiger partial charge is 0.378 e. The molecule has 0 aromatic heterocycles. The van der Waals surface area contributed by atoms with Gasteiger partial charge in [-0.05, 0) is 49.3 Å². The molecule has 1 heterocycles. The predicted octanol–water partition coefficient (Wildman–Crippen LogP) is 3.10. The number of carbonyl (C=O) groups excluding carboxylic acids is 1. The Labute approximate surface area is 159 Å². The zero-order chi connectivity index (χ0) is 18.9. The Bertz CT molecular complexity index is 533. The van der Waals surface area contributed by atoms with Gasteiger partial charge in [0.2, 0.25) is 0 Å². The fourth-order valence-corrected chi connectivity index (χ4v) is 3.47. The molecule has 2 N–H and O–H groups in total. The normalized spacial score (nSPS) is 15.9. The highest BCUT2D eigenvalue weighted by atomic mass is 16.2. The number of benzene rings is 1. The number of likely N-dealkylation sites (tertiary alicyclic amines) is 1. The van der Waals surface area contributed by atoms with Crippen molar-refractivity contribution in [3.63, 3.8) is 0 Å². The number of nitrogens with zero attached hydrogens (tertiary/aromatic N) is 2. The van der Waals surface area contributed by atoms with Crippen LogP contribution in [0.15, 0.2) is 24.3 Å². The maximum absolute atomic E-state index is 12.1. The molecule has 5 nitrogen and oxygen atoms in total. The first-order valence-electron chi connectivity index (χ1n) is 9.97. The highest BCUT2D eigenvalue weighted by Gasteiger charge is 2.20. The van der Waals surface area contributed by atoms with Gasteiger partial charge in [0.1, 0.15) is 0 Å². The molecule has 1 aliphatic heterocycles. The van der Waals surface area contributed by atoms with Crippen molar-refractivity contribution in [1.82, 2.24) is 15.5 Å². The number of rotatable bonds is 8. The average Bonchev–Trinajstić information content (AvgIpc) is 2.60. The van der Waals surface area contributed by atoms with Crippen molar-refractivity contribution in [2.75, 3.05) is 45.2 Å². The highest BCUT2D eigenvalue weighted by molar-refractivity contribution is 5.74. The Hall–Kier alpha value is -1.75. The van der Waals surface area contributed by atoms with E-state index in [0.717, 1.165) is 45.3 Å². The molecule has 1 fully saturated rings. The van der Waals surface area contributed by atoms with E-state index in [-0.39, 0.29) is 6.03 Å². The molecule has 146 valence electrons. The molecule has 1 aromatic carbocycles. The third-order valence-electron chi connectivity index (χ3n) is 4.93. The summed E-state index contributed by atoms with van der Waals surface area (Å²) < 4.78 is 0. The SMILES string of the molecule is CC(C)CN1CCC(NC(=O)NCCCc2ccc(N(C)C)cc2)CC1. The van der Waals surface area contributed by atoms with Crippen LogP contribution >= 0.6 is 0 Å². The lowest BCUT2D eigenvalue weighted by Crippen LogP contribution is -2.48. The quantitative estimate of drug-likeness (QED) is 0.700. The van der Waals surface area contributed by atoms with Crippen molar-refractivity contribution < 1.29 is 4.79 Å². The van der Waals surface area contributed by atoms with Gasteiger partial charge in [-0.15, -0.1) is 0 Å². The second-order valence-corrected chi connectivity index (χ2v) is 8.03. The Morgan fingerprint density at radius 2 is 1.85 bits per heavy atom. The third-order valence-corrected chi connectivity index (χ3v) is 4.93. The molecule has 2 amide bonds. The Morgan fingerprint density at radius 3 is 2.42 bits per heavy atom. The smallest absolute Gasteiger partial charge is 0.315 e. The van der Waals surface area contributed by atoms with Crippen molar-refractivity contribution in [1.29, 1.82) is 0 Å². The van der Waals surface area contributed by atoms with Crippen molar-refractivity contribution in [2.24, 2.45) is 5.92 Å². The monoisotopic (exact) mass is 360 g/mol. The summed E-state index contributed by atoms with van der Waals surface area (Å²) >= 11 is 0. The topological polar surface area (TPSA) is 47.6 Å². The summed E-state index contributed by atoms with van der Waals surface area (Å²) in [5, 5.41) is 6.13. The van der Waals surface area contributed by atoms with E-state index in [1.165, 1.54) is 11.3 Å². The van der Waals surface area contributed by atoms with E-state index < -0.39 is 0 Å². The molecule has 0 saturated carbocycles. The molecule has 26 heavy (non-hydrogen) atoms. The fourth-order valence-electron chi connectivity index (χ4n) is 3.47.